The van der Waals surface area contributed by atoms with Crippen molar-refractivity contribution in [2.75, 3.05) is 38.1 Å². The minimum Gasteiger partial charge on any atom is -0.368 e. The van der Waals surface area contributed by atoms with Crippen molar-refractivity contribution in [1.29, 1.82) is 5.26 Å². The molecule has 1 fully saturated rings. The van der Waals surface area contributed by atoms with E-state index in [4.69, 9.17) is 5.26 Å². The van der Waals surface area contributed by atoms with E-state index < -0.39 is 0 Å². The molecule has 9 heteroatoms. The van der Waals surface area contributed by atoms with Crippen molar-refractivity contribution in [3.8, 4) is 6.07 Å². The van der Waals surface area contributed by atoms with Gasteiger partial charge in [0.05, 0.1) is 22.9 Å². The maximum atomic E-state index is 12.1. The van der Waals surface area contributed by atoms with Gasteiger partial charge in [-0.1, -0.05) is 0 Å². The Balaban J connectivity index is 1.42. The fourth-order valence-electron chi connectivity index (χ4n) is 3.85. The molecule has 0 saturated carbocycles. The van der Waals surface area contributed by atoms with Gasteiger partial charge in [0, 0.05) is 51.5 Å². The van der Waals surface area contributed by atoms with Crippen molar-refractivity contribution in [3.05, 3.63) is 63.3 Å². The topological polar surface area (TPSA) is 118 Å². The number of amides is 1. The molecule has 3 aromatic rings. The lowest BCUT2D eigenvalue weighted by Crippen LogP contribution is -2.46. The second-order valence-electron chi connectivity index (χ2n) is 7.55. The number of nitriles is 1. The predicted molar refractivity (Wildman–Crippen MR) is 117 cm³/mol. The standard InChI is InChI=1S/C22H23N7O2/c1-14-17(10-23)21(30)27-19-9-15(11-26-20(14)19)13-28-5-7-29(8-6-28)16-3-4-18(25-12-16)22(31)24-2/h3-4,9,11-12H,5-8,13H2,1-2H3,(H,24,31)(H,27,30). The normalized spacial score (nSPS) is 14.4. The number of aryl methyl sites for hydroxylation is 1. The van der Waals surface area contributed by atoms with E-state index in [0.29, 0.717) is 22.3 Å². The van der Waals surface area contributed by atoms with Crippen LogP contribution in [0.15, 0.2) is 35.4 Å². The van der Waals surface area contributed by atoms with E-state index in [2.05, 4.69) is 30.1 Å². The monoisotopic (exact) mass is 417 g/mol. The highest BCUT2D eigenvalue weighted by molar-refractivity contribution is 5.92. The molecule has 0 spiro atoms. The average Bonchev–Trinajstić information content (AvgIpc) is 2.79. The van der Waals surface area contributed by atoms with Crippen LogP contribution in [-0.2, 0) is 6.54 Å². The fourth-order valence-corrected chi connectivity index (χ4v) is 3.85. The molecular formula is C22H23N7O2. The Kier molecular flexibility index (Phi) is 5.64. The number of aromatic amines is 1. The van der Waals surface area contributed by atoms with Gasteiger partial charge >= 0.3 is 0 Å². The quantitative estimate of drug-likeness (QED) is 0.654. The van der Waals surface area contributed by atoms with E-state index in [-0.39, 0.29) is 17.0 Å². The van der Waals surface area contributed by atoms with Crippen molar-refractivity contribution < 1.29 is 4.79 Å². The van der Waals surface area contributed by atoms with Gasteiger partial charge in [-0.2, -0.15) is 5.26 Å². The number of H-pyrrole nitrogens is 1. The van der Waals surface area contributed by atoms with Crippen molar-refractivity contribution in [3.63, 3.8) is 0 Å². The number of nitrogens with zero attached hydrogens (tertiary/aromatic N) is 5. The van der Waals surface area contributed by atoms with Crippen LogP contribution in [0.1, 0.15) is 27.2 Å². The number of aromatic nitrogens is 3. The lowest BCUT2D eigenvalue weighted by atomic mass is 10.1. The summed E-state index contributed by atoms with van der Waals surface area (Å²) in [6.45, 7) is 5.92. The van der Waals surface area contributed by atoms with Crippen LogP contribution >= 0.6 is 0 Å². The molecule has 4 heterocycles. The van der Waals surface area contributed by atoms with Crippen molar-refractivity contribution in [2.45, 2.75) is 13.5 Å². The molecule has 1 amide bonds. The Hall–Kier alpha value is -3.77. The van der Waals surface area contributed by atoms with E-state index >= 15 is 0 Å². The molecular weight excluding hydrogens is 394 g/mol. The van der Waals surface area contributed by atoms with Crippen LogP contribution < -0.4 is 15.8 Å². The molecule has 158 valence electrons. The maximum absolute atomic E-state index is 12.1. The molecule has 0 aliphatic carbocycles. The first-order chi connectivity index (χ1) is 15.0. The second-order valence-corrected chi connectivity index (χ2v) is 7.55. The summed E-state index contributed by atoms with van der Waals surface area (Å²) < 4.78 is 0. The first-order valence-electron chi connectivity index (χ1n) is 10.1. The molecule has 1 aliphatic rings. The van der Waals surface area contributed by atoms with Gasteiger partial charge in [-0.05, 0) is 30.7 Å². The summed E-state index contributed by atoms with van der Waals surface area (Å²) in [5.41, 5.74) is 4.06. The highest BCUT2D eigenvalue weighted by Crippen LogP contribution is 2.19. The van der Waals surface area contributed by atoms with Crippen LogP contribution in [0, 0.1) is 18.3 Å². The third-order valence-electron chi connectivity index (χ3n) is 5.61. The van der Waals surface area contributed by atoms with Gasteiger partial charge < -0.3 is 15.2 Å². The first-order valence-corrected chi connectivity index (χ1v) is 10.1. The Morgan fingerprint density at radius 2 is 2.00 bits per heavy atom. The van der Waals surface area contributed by atoms with Crippen LogP contribution in [0.3, 0.4) is 0 Å². The van der Waals surface area contributed by atoms with E-state index in [1.807, 2.05) is 24.4 Å². The minimum atomic E-state index is -0.379. The number of rotatable bonds is 4. The van der Waals surface area contributed by atoms with Gasteiger partial charge in [-0.25, -0.2) is 4.98 Å². The molecule has 0 bridgehead atoms. The predicted octanol–water partition coefficient (Wildman–Crippen LogP) is 1.18. The number of pyridine rings is 3. The van der Waals surface area contributed by atoms with Gasteiger partial charge in [-0.15, -0.1) is 0 Å². The second kappa shape index (κ2) is 8.53. The van der Waals surface area contributed by atoms with E-state index in [0.717, 1.165) is 44.0 Å². The maximum Gasteiger partial charge on any atom is 0.269 e. The zero-order chi connectivity index (χ0) is 22.0. The van der Waals surface area contributed by atoms with E-state index in [9.17, 15) is 9.59 Å². The number of anilines is 1. The highest BCUT2D eigenvalue weighted by Gasteiger charge is 2.19. The van der Waals surface area contributed by atoms with E-state index in [1.54, 1.807) is 26.2 Å². The Morgan fingerprint density at radius 3 is 2.65 bits per heavy atom. The molecule has 0 atom stereocenters. The zero-order valence-corrected chi connectivity index (χ0v) is 17.5. The largest absolute Gasteiger partial charge is 0.368 e. The van der Waals surface area contributed by atoms with E-state index in [1.165, 1.54) is 0 Å². The zero-order valence-electron chi connectivity index (χ0n) is 17.5. The number of nitrogens with one attached hydrogen (secondary N) is 2. The number of carbonyl (C=O) groups is 1. The number of carbonyl (C=O) groups excluding carboxylic acids is 1. The van der Waals surface area contributed by atoms with Crippen LogP contribution in [-0.4, -0.2) is 59.0 Å². The van der Waals surface area contributed by atoms with Gasteiger partial charge in [0.1, 0.15) is 17.3 Å². The van der Waals surface area contributed by atoms with Gasteiger partial charge in [0.25, 0.3) is 11.5 Å². The molecule has 4 rings (SSSR count). The lowest BCUT2D eigenvalue weighted by Gasteiger charge is -2.36. The van der Waals surface area contributed by atoms with Crippen LogP contribution in [0.25, 0.3) is 11.0 Å². The summed E-state index contributed by atoms with van der Waals surface area (Å²) in [6, 6.07) is 7.54. The van der Waals surface area contributed by atoms with Crippen LogP contribution in [0.4, 0.5) is 5.69 Å². The summed E-state index contributed by atoms with van der Waals surface area (Å²) >= 11 is 0. The summed E-state index contributed by atoms with van der Waals surface area (Å²) in [4.78, 5) is 39.8. The van der Waals surface area contributed by atoms with Crippen molar-refractivity contribution in [1.82, 2.24) is 25.2 Å². The molecule has 3 aromatic heterocycles. The summed E-state index contributed by atoms with van der Waals surface area (Å²) in [7, 11) is 1.59. The van der Waals surface area contributed by atoms with Crippen molar-refractivity contribution >= 4 is 22.6 Å². The Morgan fingerprint density at radius 1 is 1.23 bits per heavy atom. The number of piperazine rings is 1. The third-order valence-corrected chi connectivity index (χ3v) is 5.61. The summed E-state index contributed by atoms with van der Waals surface area (Å²) in [5, 5.41) is 11.7. The molecule has 1 saturated heterocycles. The number of fused-ring (bicyclic) bond motifs is 1. The van der Waals surface area contributed by atoms with Gasteiger partial charge in [0.2, 0.25) is 0 Å². The molecule has 0 radical (unpaired) electrons. The third kappa shape index (κ3) is 4.11. The summed E-state index contributed by atoms with van der Waals surface area (Å²) in [6.07, 6.45) is 3.55. The first kappa shape index (κ1) is 20.5. The summed E-state index contributed by atoms with van der Waals surface area (Å²) in [5.74, 6) is -0.194. The number of hydrogen-bond donors (Lipinski definition) is 2. The highest BCUT2D eigenvalue weighted by atomic mass is 16.1. The molecule has 9 nitrogen and oxygen atoms in total. The molecule has 0 aromatic carbocycles. The van der Waals surface area contributed by atoms with Crippen LogP contribution in [0.2, 0.25) is 0 Å². The Labute approximate surface area is 179 Å². The molecule has 1 aliphatic heterocycles. The van der Waals surface area contributed by atoms with Crippen molar-refractivity contribution in [2.24, 2.45) is 0 Å². The Bertz CT molecular complexity index is 1220. The van der Waals surface area contributed by atoms with Crippen LogP contribution in [0.5, 0.6) is 0 Å². The minimum absolute atomic E-state index is 0.113. The lowest BCUT2D eigenvalue weighted by molar-refractivity contribution is 0.0958. The molecule has 31 heavy (non-hydrogen) atoms. The molecule has 2 N–H and O–H groups in total. The van der Waals surface area contributed by atoms with Gasteiger partial charge in [-0.3, -0.25) is 19.5 Å². The number of hydrogen-bond acceptors (Lipinski definition) is 7. The molecule has 0 unspecified atom stereocenters. The fraction of sp³-hybridized carbons (Fsp3) is 0.318. The smallest absolute Gasteiger partial charge is 0.269 e. The SMILES string of the molecule is CNC(=O)c1ccc(N2CCN(Cc3cnc4c(C)c(C#N)c(=O)[nH]c4c3)CC2)cn1. The average molecular weight is 417 g/mol. The van der Waals surface area contributed by atoms with Gasteiger partial charge in [0.15, 0.2) is 0 Å².